The van der Waals surface area contributed by atoms with Crippen LogP contribution >= 0.6 is 11.6 Å². The molecule has 0 spiro atoms. The minimum Gasteiger partial charge on any atom is -0.506 e. The minimum atomic E-state index is -1.000. The van der Waals surface area contributed by atoms with Gasteiger partial charge in [0.25, 0.3) is 5.91 Å². The van der Waals surface area contributed by atoms with Crippen molar-refractivity contribution in [2.24, 2.45) is 0 Å². The molecule has 4 aromatic rings. The van der Waals surface area contributed by atoms with Crippen LogP contribution in [0, 0.1) is 0 Å². The first-order valence-electron chi connectivity index (χ1n) is 12.1. The van der Waals surface area contributed by atoms with Gasteiger partial charge in [0.15, 0.2) is 11.9 Å². The lowest BCUT2D eigenvalue weighted by Gasteiger charge is -2.29. The van der Waals surface area contributed by atoms with E-state index in [2.05, 4.69) is 10.4 Å². The second-order valence-electron chi connectivity index (χ2n) is 8.97. The summed E-state index contributed by atoms with van der Waals surface area (Å²) in [6.07, 6.45) is 0.863. The van der Waals surface area contributed by atoms with Gasteiger partial charge in [0, 0.05) is 24.9 Å². The Morgan fingerprint density at radius 2 is 1.71 bits per heavy atom. The molecule has 1 unspecified atom stereocenters. The highest BCUT2D eigenvalue weighted by atomic mass is 35.5. The largest absolute Gasteiger partial charge is 0.506 e. The fourth-order valence-corrected chi connectivity index (χ4v) is 4.25. The molecule has 0 saturated heterocycles. The fraction of sp³-hybridized carbons (Fsp3) is 0.207. The quantitative estimate of drug-likeness (QED) is 0.298. The molecule has 0 bridgehead atoms. The van der Waals surface area contributed by atoms with Crippen molar-refractivity contribution < 1.29 is 19.4 Å². The fourth-order valence-electron chi connectivity index (χ4n) is 4.07. The van der Waals surface area contributed by atoms with Crippen molar-refractivity contribution in [3.05, 3.63) is 95.6 Å². The second kappa shape index (κ2) is 11.9. The van der Waals surface area contributed by atoms with E-state index < -0.39 is 17.9 Å². The topological polar surface area (TPSA) is 96.7 Å². The second-order valence-corrected chi connectivity index (χ2v) is 9.38. The molecule has 0 radical (unpaired) electrons. The third-order valence-corrected chi connectivity index (χ3v) is 6.34. The van der Waals surface area contributed by atoms with E-state index >= 15 is 0 Å². The highest BCUT2D eigenvalue weighted by molar-refractivity contribution is 6.32. The maximum absolute atomic E-state index is 13.5. The molecule has 196 valence electrons. The highest BCUT2D eigenvalue weighted by Crippen LogP contribution is 2.30. The zero-order chi connectivity index (χ0) is 27.2. The monoisotopic (exact) mass is 532 g/mol. The number of methoxy groups -OCH3 is 1. The van der Waals surface area contributed by atoms with E-state index in [-0.39, 0.29) is 23.4 Å². The first kappa shape index (κ1) is 26.9. The van der Waals surface area contributed by atoms with Crippen molar-refractivity contribution in [1.29, 1.82) is 0 Å². The first-order chi connectivity index (χ1) is 18.3. The van der Waals surface area contributed by atoms with Gasteiger partial charge in [-0.15, -0.1) is 5.10 Å². The number of hydrogen-bond donors (Lipinski definition) is 2. The van der Waals surface area contributed by atoms with Crippen molar-refractivity contribution in [1.82, 2.24) is 14.7 Å². The van der Waals surface area contributed by atoms with Gasteiger partial charge in [-0.05, 0) is 49.2 Å². The SMILES string of the molecule is COC(C(=O)N(CC(=O)Nc1nn(-c2ccccc2)cc1-c1ccccc1)C(C)C)c1ccc(O)c(Cl)c1. The Kier molecular flexibility index (Phi) is 8.45. The number of nitrogens with zero attached hydrogens (tertiary/aromatic N) is 3. The van der Waals surface area contributed by atoms with Crippen LogP contribution < -0.4 is 5.32 Å². The van der Waals surface area contributed by atoms with Crippen LogP contribution in [0.25, 0.3) is 16.8 Å². The Labute approximate surface area is 226 Å². The van der Waals surface area contributed by atoms with Crippen LogP contribution in [0.15, 0.2) is 85.1 Å². The van der Waals surface area contributed by atoms with Crippen molar-refractivity contribution in [3.63, 3.8) is 0 Å². The number of carbonyl (C=O) groups excluding carboxylic acids is 2. The van der Waals surface area contributed by atoms with Gasteiger partial charge >= 0.3 is 0 Å². The Bertz CT molecular complexity index is 1410. The number of halogens is 1. The molecule has 0 aliphatic carbocycles. The molecule has 2 N–H and O–H groups in total. The lowest BCUT2D eigenvalue weighted by atomic mass is 10.1. The average Bonchev–Trinajstić information content (AvgIpc) is 3.34. The third-order valence-electron chi connectivity index (χ3n) is 6.03. The molecule has 1 heterocycles. The van der Waals surface area contributed by atoms with Gasteiger partial charge in [0.05, 0.1) is 10.7 Å². The van der Waals surface area contributed by atoms with E-state index in [1.165, 1.54) is 24.1 Å². The number of ether oxygens (including phenoxy) is 1. The summed E-state index contributed by atoms with van der Waals surface area (Å²) in [5.74, 6) is -0.518. The number of hydrogen-bond acceptors (Lipinski definition) is 5. The number of rotatable bonds is 9. The van der Waals surface area contributed by atoms with Gasteiger partial charge in [0.1, 0.15) is 12.3 Å². The van der Waals surface area contributed by atoms with Gasteiger partial charge in [0.2, 0.25) is 5.91 Å². The standard InChI is InChI=1S/C29H29ClN4O4/c1-19(2)33(29(37)27(38-3)21-14-15-25(35)24(30)16-21)18-26(36)31-28-23(20-10-6-4-7-11-20)17-34(32-28)22-12-8-5-9-13-22/h4-17,19,27,35H,18H2,1-3H3,(H,31,32,36). The van der Waals surface area contributed by atoms with Crippen LogP contribution in [-0.2, 0) is 14.3 Å². The number of anilines is 1. The molecule has 4 rings (SSSR count). The highest BCUT2D eigenvalue weighted by Gasteiger charge is 2.30. The molecule has 8 nitrogen and oxygen atoms in total. The van der Waals surface area contributed by atoms with Crippen LogP contribution in [0.4, 0.5) is 5.82 Å². The molecule has 3 aromatic carbocycles. The summed E-state index contributed by atoms with van der Waals surface area (Å²) < 4.78 is 7.18. The first-order valence-corrected chi connectivity index (χ1v) is 12.5. The number of benzene rings is 3. The number of aromatic nitrogens is 2. The number of phenolic OH excluding ortho intramolecular Hbond substituents is 1. The van der Waals surface area contributed by atoms with Gasteiger partial charge in [-0.1, -0.05) is 66.2 Å². The number of aromatic hydroxyl groups is 1. The van der Waals surface area contributed by atoms with E-state index in [9.17, 15) is 14.7 Å². The number of nitrogens with one attached hydrogen (secondary N) is 1. The van der Waals surface area contributed by atoms with Crippen molar-refractivity contribution >= 4 is 29.2 Å². The van der Waals surface area contributed by atoms with Crippen LogP contribution in [-0.4, -0.2) is 51.3 Å². The molecule has 1 atom stereocenters. The predicted octanol–water partition coefficient (Wildman–Crippen LogP) is 5.46. The van der Waals surface area contributed by atoms with Gasteiger partial charge in [-0.3, -0.25) is 9.59 Å². The molecule has 1 aromatic heterocycles. The summed E-state index contributed by atoms with van der Waals surface area (Å²) in [6, 6.07) is 23.4. The van der Waals surface area contributed by atoms with Crippen LogP contribution in [0.1, 0.15) is 25.5 Å². The maximum Gasteiger partial charge on any atom is 0.257 e. The van der Waals surface area contributed by atoms with E-state index in [0.717, 1.165) is 16.8 Å². The van der Waals surface area contributed by atoms with E-state index in [4.69, 9.17) is 16.3 Å². The molecule has 0 aliphatic heterocycles. The normalized spacial score (nSPS) is 11.8. The Balaban J connectivity index is 1.59. The summed E-state index contributed by atoms with van der Waals surface area (Å²) in [5, 5.41) is 17.4. The Morgan fingerprint density at radius 1 is 1.05 bits per heavy atom. The molecule has 0 aliphatic rings. The van der Waals surface area contributed by atoms with E-state index in [1.807, 2.05) is 80.7 Å². The number of amides is 2. The van der Waals surface area contributed by atoms with Gasteiger partial charge < -0.3 is 20.1 Å². The van der Waals surface area contributed by atoms with Crippen molar-refractivity contribution in [2.75, 3.05) is 19.0 Å². The molecular formula is C29H29ClN4O4. The summed E-state index contributed by atoms with van der Waals surface area (Å²) in [5.41, 5.74) is 2.96. The van der Waals surface area contributed by atoms with E-state index in [1.54, 1.807) is 10.7 Å². The summed E-state index contributed by atoms with van der Waals surface area (Å²) >= 11 is 6.04. The molecule has 0 saturated carbocycles. The number of para-hydroxylation sites is 1. The molecule has 38 heavy (non-hydrogen) atoms. The number of phenols is 1. The lowest BCUT2D eigenvalue weighted by molar-refractivity contribution is -0.146. The van der Waals surface area contributed by atoms with Crippen LogP contribution in [0.3, 0.4) is 0 Å². The minimum absolute atomic E-state index is 0.0954. The summed E-state index contributed by atoms with van der Waals surface area (Å²) in [4.78, 5) is 28.2. The Hall–Kier alpha value is -4.14. The van der Waals surface area contributed by atoms with Gasteiger partial charge in [-0.2, -0.15) is 0 Å². The molecular weight excluding hydrogens is 504 g/mol. The molecule has 0 fully saturated rings. The zero-order valence-corrected chi connectivity index (χ0v) is 22.1. The van der Waals surface area contributed by atoms with Gasteiger partial charge in [-0.25, -0.2) is 4.68 Å². The average molecular weight is 533 g/mol. The Morgan fingerprint density at radius 3 is 2.32 bits per heavy atom. The van der Waals surface area contributed by atoms with Crippen molar-refractivity contribution in [3.8, 4) is 22.6 Å². The van der Waals surface area contributed by atoms with Crippen LogP contribution in [0.5, 0.6) is 5.75 Å². The summed E-state index contributed by atoms with van der Waals surface area (Å²) in [6.45, 7) is 3.43. The smallest absolute Gasteiger partial charge is 0.257 e. The van der Waals surface area contributed by atoms with E-state index in [0.29, 0.717) is 11.4 Å². The lowest BCUT2D eigenvalue weighted by Crippen LogP contribution is -2.45. The maximum atomic E-state index is 13.5. The van der Waals surface area contributed by atoms with Crippen molar-refractivity contribution in [2.45, 2.75) is 26.0 Å². The number of carbonyl (C=O) groups is 2. The molecule has 2 amide bonds. The molecule has 9 heteroatoms. The zero-order valence-electron chi connectivity index (χ0n) is 21.3. The summed E-state index contributed by atoms with van der Waals surface area (Å²) in [7, 11) is 1.41. The van der Waals surface area contributed by atoms with Crippen LogP contribution in [0.2, 0.25) is 5.02 Å². The predicted molar refractivity (Wildman–Crippen MR) is 147 cm³/mol. The third kappa shape index (κ3) is 6.04.